The van der Waals surface area contributed by atoms with E-state index in [0.29, 0.717) is 5.88 Å². The first-order chi connectivity index (χ1) is 22.8. The van der Waals surface area contributed by atoms with Crippen molar-refractivity contribution in [2.24, 2.45) is 0 Å². The average Bonchev–Trinajstić information content (AvgIpc) is 3.07. The Balaban J connectivity index is 2.14. The monoisotopic (exact) mass is 659 g/mol. The summed E-state index contributed by atoms with van der Waals surface area (Å²) in [6.45, 7) is 6.95. The van der Waals surface area contributed by atoms with Crippen LogP contribution in [0.5, 0.6) is 0 Å². The molecule has 0 radical (unpaired) electrons. The number of aryl methyl sites for hydroxylation is 1. The van der Waals surface area contributed by atoms with Crippen LogP contribution in [0, 0.1) is 0 Å². The Labute approximate surface area is 296 Å². The predicted octanol–water partition coefficient (Wildman–Crippen LogP) is 16.6. The maximum absolute atomic E-state index is 6.48. The van der Waals surface area contributed by atoms with E-state index in [1.54, 1.807) is 16.7 Å². The Kier molecular flexibility index (Phi) is 32.5. The second-order valence-corrected chi connectivity index (χ2v) is 15.2. The van der Waals surface area contributed by atoms with Crippen LogP contribution in [0.15, 0.2) is 12.1 Å². The Morgan fingerprint density at radius 3 is 0.826 bits per heavy atom. The Morgan fingerprint density at radius 2 is 0.565 bits per heavy atom. The van der Waals surface area contributed by atoms with Crippen molar-refractivity contribution in [1.29, 1.82) is 0 Å². The first kappa shape index (κ1) is 43.5. The average molecular weight is 660 g/mol. The quantitative estimate of drug-likeness (QED) is 0.0497. The molecular weight excluding hydrogens is 576 g/mol. The fraction of sp³-hybridized carbons (Fsp3) is 0.867. The predicted molar refractivity (Wildman–Crippen MR) is 212 cm³/mol. The summed E-state index contributed by atoms with van der Waals surface area (Å²) in [7, 11) is 0. The molecule has 0 saturated carbocycles. The van der Waals surface area contributed by atoms with Crippen LogP contribution < -0.4 is 0 Å². The van der Waals surface area contributed by atoms with Crippen LogP contribution in [-0.2, 0) is 25.1 Å². The van der Waals surface area contributed by atoms with Gasteiger partial charge in [-0.15, -0.1) is 11.6 Å². The zero-order chi connectivity index (χ0) is 33.2. The highest BCUT2D eigenvalue weighted by molar-refractivity contribution is 6.17. The first-order valence-electron chi connectivity index (χ1n) is 21.5. The molecular formula is C45H83Cl. The highest BCUT2D eigenvalue weighted by Gasteiger charge is 2.12. The van der Waals surface area contributed by atoms with Gasteiger partial charge in [-0.3, -0.25) is 0 Å². The molecule has 270 valence electrons. The molecule has 1 rings (SSSR count). The van der Waals surface area contributed by atoms with E-state index in [2.05, 4.69) is 32.9 Å². The zero-order valence-electron chi connectivity index (χ0n) is 32.0. The van der Waals surface area contributed by atoms with Crippen molar-refractivity contribution >= 4 is 11.6 Å². The van der Waals surface area contributed by atoms with Crippen LogP contribution in [0.3, 0.4) is 0 Å². The van der Waals surface area contributed by atoms with Gasteiger partial charge in [-0.2, -0.15) is 0 Å². The van der Waals surface area contributed by atoms with Gasteiger partial charge in [-0.25, -0.2) is 0 Å². The van der Waals surface area contributed by atoms with Crippen LogP contribution in [0.1, 0.15) is 248 Å². The maximum atomic E-state index is 6.48. The number of benzene rings is 1. The van der Waals surface area contributed by atoms with E-state index >= 15 is 0 Å². The summed E-state index contributed by atoms with van der Waals surface area (Å²) in [6, 6.07) is 4.72. The smallest absolute Gasteiger partial charge is 0.0476 e. The molecule has 1 heteroatoms. The van der Waals surface area contributed by atoms with E-state index in [1.165, 1.54) is 224 Å². The Morgan fingerprint density at radius 1 is 0.326 bits per heavy atom. The topological polar surface area (TPSA) is 0 Å². The summed E-state index contributed by atoms with van der Waals surface area (Å²) < 4.78 is 0. The summed E-state index contributed by atoms with van der Waals surface area (Å²) in [5.74, 6) is 0.671. The molecule has 0 amide bonds. The number of unbranched alkanes of at least 4 members (excludes halogenated alkanes) is 30. The van der Waals surface area contributed by atoms with Crippen LogP contribution in [0.4, 0.5) is 0 Å². The SMILES string of the molecule is CCCCCCCCCCCCCCCCCCc1c(CC)ccc(CCl)c1CCCCCCCCCCCCCCCCCC. The maximum Gasteiger partial charge on any atom is 0.0476 e. The molecule has 0 N–H and O–H groups in total. The van der Waals surface area contributed by atoms with Gasteiger partial charge in [0.15, 0.2) is 0 Å². The molecule has 46 heavy (non-hydrogen) atoms. The summed E-state index contributed by atoms with van der Waals surface area (Å²) in [6.07, 6.45) is 49.7. The normalized spacial score (nSPS) is 11.6. The highest BCUT2D eigenvalue weighted by atomic mass is 35.5. The molecule has 0 spiro atoms. The summed E-state index contributed by atoms with van der Waals surface area (Å²) in [5, 5.41) is 0. The zero-order valence-corrected chi connectivity index (χ0v) is 32.7. The minimum Gasteiger partial charge on any atom is -0.122 e. The van der Waals surface area contributed by atoms with E-state index in [9.17, 15) is 0 Å². The van der Waals surface area contributed by atoms with Gasteiger partial charge in [0.2, 0.25) is 0 Å². The van der Waals surface area contributed by atoms with Crippen LogP contribution in [-0.4, -0.2) is 0 Å². The van der Waals surface area contributed by atoms with Crippen molar-refractivity contribution in [2.45, 2.75) is 251 Å². The highest BCUT2D eigenvalue weighted by Crippen LogP contribution is 2.27. The van der Waals surface area contributed by atoms with Gasteiger partial charge in [0, 0.05) is 5.88 Å². The standard InChI is InChI=1S/C45H83Cl/c1-4-7-9-11-13-15-17-19-21-23-25-27-29-31-33-35-37-44-42(6-3)39-40-43(41-46)45(44)38-36-34-32-30-28-26-24-22-20-18-16-14-12-10-8-5-2/h39-40H,4-38,41H2,1-3H3. The lowest BCUT2D eigenvalue weighted by molar-refractivity contribution is 0.528. The number of hydrogen-bond donors (Lipinski definition) is 0. The van der Waals surface area contributed by atoms with Gasteiger partial charge in [-0.1, -0.05) is 226 Å². The first-order valence-corrected chi connectivity index (χ1v) is 22.0. The Hall–Kier alpha value is -0.490. The second-order valence-electron chi connectivity index (χ2n) is 14.9. The molecule has 0 bridgehead atoms. The molecule has 0 atom stereocenters. The van der Waals surface area contributed by atoms with E-state index < -0.39 is 0 Å². The number of alkyl halides is 1. The lowest BCUT2D eigenvalue weighted by Gasteiger charge is -2.18. The Bertz CT molecular complexity index is 689. The molecule has 0 fully saturated rings. The summed E-state index contributed by atoms with van der Waals surface area (Å²) >= 11 is 6.48. The molecule has 0 unspecified atom stereocenters. The molecule has 0 aromatic heterocycles. The molecule has 0 heterocycles. The van der Waals surface area contributed by atoms with Gasteiger partial charge in [0.25, 0.3) is 0 Å². The second kappa shape index (κ2) is 34.4. The summed E-state index contributed by atoms with van der Waals surface area (Å²) in [4.78, 5) is 0. The van der Waals surface area contributed by atoms with Gasteiger partial charge in [0.05, 0.1) is 0 Å². The van der Waals surface area contributed by atoms with E-state index in [0.717, 1.165) is 6.42 Å². The number of halogens is 1. The lowest BCUT2D eigenvalue weighted by atomic mass is 9.88. The third-order valence-electron chi connectivity index (χ3n) is 10.7. The van der Waals surface area contributed by atoms with Crippen molar-refractivity contribution in [1.82, 2.24) is 0 Å². The molecule has 0 aliphatic rings. The van der Waals surface area contributed by atoms with E-state index in [-0.39, 0.29) is 0 Å². The molecule has 1 aromatic carbocycles. The minimum absolute atomic E-state index is 0.671. The molecule has 1 aromatic rings. The van der Waals surface area contributed by atoms with Gasteiger partial charge >= 0.3 is 0 Å². The van der Waals surface area contributed by atoms with E-state index in [4.69, 9.17) is 11.6 Å². The molecule has 0 aliphatic heterocycles. The third-order valence-corrected chi connectivity index (χ3v) is 11.0. The van der Waals surface area contributed by atoms with Crippen LogP contribution in [0.2, 0.25) is 0 Å². The summed E-state index contributed by atoms with van der Waals surface area (Å²) in [5.41, 5.74) is 6.29. The molecule has 0 aliphatic carbocycles. The lowest BCUT2D eigenvalue weighted by Crippen LogP contribution is -2.05. The van der Waals surface area contributed by atoms with Crippen molar-refractivity contribution < 1.29 is 0 Å². The van der Waals surface area contributed by atoms with Crippen molar-refractivity contribution in [3.8, 4) is 0 Å². The number of hydrogen-bond acceptors (Lipinski definition) is 0. The molecule has 0 nitrogen and oxygen atoms in total. The largest absolute Gasteiger partial charge is 0.122 e. The number of rotatable bonds is 36. The fourth-order valence-electron chi connectivity index (χ4n) is 7.57. The fourth-order valence-corrected chi connectivity index (χ4v) is 7.82. The molecule has 0 saturated heterocycles. The third kappa shape index (κ3) is 24.6. The van der Waals surface area contributed by atoms with Gasteiger partial charge in [0.1, 0.15) is 0 Å². The van der Waals surface area contributed by atoms with Crippen molar-refractivity contribution in [2.75, 3.05) is 0 Å². The van der Waals surface area contributed by atoms with Crippen LogP contribution in [0.25, 0.3) is 0 Å². The van der Waals surface area contributed by atoms with Gasteiger partial charge < -0.3 is 0 Å². The minimum atomic E-state index is 0.671. The van der Waals surface area contributed by atoms with Gasteiger partial charge in [-0.05, 0) is 54.4 Å². The van der Waals surface area contributed by atoms with E-state index in [1.807, 2.05) is 0 Å². The van der Waals surface area contributed by atoms with Crippen molar-refractivity contribution in [3.05, 3.63) is 34.4 Å². The van der Waals surface area contributed by atoms with Crippen LogP contribution >= 0.6 is 11.6 Å². The van der Waals surface area contributed by atoms with Crippen molar-refractivity contribution in [3.63, 3.8) is 0 Å².